The van der Waals surface area contributed by atoms with Crippen molar-refractivity contribution in [1.82, 2.24) is 5.32 Å². The number of halogens is 2. The minimum atomic E-state index is -0.772. The molecule has 1 N–H and O–H groups in total. The Bertz CT molecular complexity index is 299. The summed E-state index contributed by atoms with van der Waals surface area (Å²) in [7, 11) is 0. The molecule has 0 saturated carbocycles. The van der Waals surface area contributed by atoms with Crippen molar-refractivity contribution in [2.45, 2.75) is 26.3 Å². The van der Waals surface area contributed by atoms with Crippen LogP contribution in [0.1, 0.15) is 19.4 Å². The molecule has 0 fully saturated rings. The Balaban J connectivity index is 2.71. The van der Waals surface area contributed by atoms with E-state index in [2.05, 4.69) is 5.32 Å². The highest BCUT2D eigenvalue weighted by Crippen LogP contribution is 2.12. The Kier molecular flexibility index (Phi) is 4.01. The molecule has 0 heterocycles. The lowest BCUT2D eigenvalue weighted by Crippen LogP contribution is -2.28. The van der Waals surface area contributed by atoms with E-state index >= 15 is 0 Å². The largest absolute Gasteiger partial charge is 0.314 e. The van der Waals surface area contributed by atoms with Gasteiger partial charge in [0, 0.05) is 6.04 Å². The molecule has 1 unspecified atom stereocenters. The number of hydrogen-bond donors (Lipinski definition) is 1. The summed E-state index contributed by atoms with van der Waals surface area (Å²) in [6, 6.07) is 4.45. The second-order valence-electron chi connectivity index (χ2n) is 3.38. The van der Waals surface area contributed by atoms with Gasteiger partial charge >= 0.3 is 0 Å². The Morgan fingerprint density at radius 1 is 1.36 bits per heavy atom. The summed E-state index contributed by atoms with van der Waals surface area (Å²) in [6.45, 7) is 4.77. The van der Waals surface area contributed by atoms with E-state index in [-0.39, 0.29) is 6.04 Å². The maximum atomic E-state index is 13.2. The van der Waals surface area contributed by atoms with E-state index in [1.807, 2.05) is 13.8 Å². The minimum Gasteiger partial charge on any atom is -0.314 e. The molecule has 0 aliphatic carbocycles. The quantitative estimate of drug-likeness (QED) is 0.785. The zero-order valence-electron chi connectivity index (χ0n) is 8.48. The number of likely N-dealkylation sites (N-methyl/N-ethyl adjacent to an activating group) is 1. The number of benzene rings is 1. The Morgan fingerprint density at radius 3 is 2.71 bits per heavy atom. The summed E-state index contributed by atoms with van der Waals surface area (Å²) in [4.78, 5) is 0. The molecule has 0 bridgehead atoms. The second kappa shape index (κ2) is 5.05. The first-order valence-corrected chi connectivity index (χ1v) is 4.81. The van der Waals surface area contributed by atoms with Gasteiger partial charge in [-0.3, -0.25) is 0 Å². The van der Waals surface area contributed by atoms with E-state index in [1.54, 1.807) is 6.07 Å². The smallest absolute Gasteiger partial charge is 0.162 e. The van der Waals surface area contributed by atoms with Crippen LogP contribution in [0.5, 0.6) is 0 Å². The first-order valence-electron chi connectivity index (χ1n) is 4.81. The Morgan fingerprint density at radius 2 is 2.07 bits per heavy atom. The maximum Gasteiger partial charge on any atom is 0.162 e. The average Bonchev–Trinajstić information content (AvgIpc) is 2.13. The fraction of sp³-hybridized carbons (Fsp3) is 0.455. The van der Waals surface area contributed by atoms with Crippen molar-refractivity contribution in [2.75, 3.05) is 6.54 Å². The molecule has 0 aromatic heterocycles. The molecular formula is C11H15F2N. The third-order valence-corrected chi connectivity index (χ3v) is 2.11. The van der Waals surface area contributed by atoms with Crippen LogP contribution in [0, 0.1) is 11.6 Å². The van der Waals surface area contributed by atoms with Gasteiger partial charge < -0.3 is 5.32 Å². The summed E-state index contributed by atoms with van der Waals surface area (Å²) in [5, 5.41) is 3.15. The first-order chi connectivity index (χ1) is 6.65. The normalized spacial score (nSPS) is 12.9. The summed E-state index contributed by atoms with van der Waals surface area (Å²) >= 11 is 0. The molecule has 0 amide bonds. The molecule has 0 saturated heterocycles. The van der Waals surface area contributed by atoms with Gasteiger partial charge in [-0.05, 0) is 31.5 Å². The second-order valence-corrected chi connectivity index (χ2v) is 3.38. The summed E-state index contributed by atoms with van der Waals surface area (Å²) in [5.74, 6) is -1.50. The zero-order valence-corrected chi connectivity index (χ0v) is 8.48. The van der Waals surface area contributed by atoms with Gasteiger partial charge in [-0.15, -0.1) is 0 Å². The van der Waals surface area contributed by atoms with Gasteiger partial charge in [-0.1, -0.05) is 19.1 Å². The van der Waals surface area contributed by atoms with Crippen molar-refractivity contribution in [1.29, 1.82) is 0 Å². The lowest BCUT2D eigenvalue weighted by molar-refractivity contribution is 0.485. The molecule has 3 heteroatoms. The highest BCUT2D eigenvalue weighted by Gasteiger charge is 2.09. The fourth-order valence-corrected chi connectivity index (χ4v) is 1.46. The molecule has 1 aromatic carbocycles. The molecule has 78 valence electrons. The highest BCUT2D eigenvalue weighted by molar-refractivity contribution is 5.19. The van der Waals surface area contributed by atoms with Crippen molar-refractivity contribution in [2.24, 2.45) is 0 Å². The van der Waals surface area contributed by atoms with Crippen molar-refractivity contribution >= 4 is 0 Å². The molecule has 0 spiro atoms. The van der Waals surface area contributed by atoms with Crippen LogP contribution >= 0.6 is 0 Å². The molecule has 1 aromatic rings. The maximum absolute atomic E-state index is 13.2. The topological polar surface area (TPSA) is 12.0 Å². The van der Waals surface area contributed by atoms with Crippen LogP contribution in [-0.2, 0) is 6.42 Å². The number of hydrogen-bond acceptors (Lipinski definition) is 1. The molecule has 1 rings (SSSR count). The van der Waals surface area contributed by atoms with E-state index < -0.39 is 11.6 Å². The van der Waals surface area contributed by atoms with Crippen LogP contribution in [0.15, 0.2) is 18.2 Å². The molecule has 0 aliphatic heterocycles. The third kappa shape index (κ3) is 2.77. The van der Waals surface area contributed by atoms with Crippen molar-refractivity contribution < 1.29 is 8.78 Å². The Hall–Kier alpha value is -0.960. The highest BCUT2D eigenvalue weighted by atomic mass is 19.2. The van der Waals surface area contributed by atoms with Gasteiger partial charge in [0.1, 0.15) is 0 Å². The number of nitrogens with one attached hydrogen (secondary N) is 1. The van der Waals surface area contributed by atoms with E-state index in [4.69, 9.17) is 0 Å². The summed E-state index contributed by atoms with van der Waals surface area (Å²) < 4.78 is 26.0. The summed E-state index contributed by atoms with van der Waals surface area (Å²) in [6.07, 6.45) is 0.511. The molecular weight excluding hydrogens is 184 g/mol. The van der Waals surface area contributed by atoms with E-state index in [1.165, 1.54) is 6.07 Å². The Labute approximate surface area is 83.1 Å². The van der Waals surface area contributed by atoms with Gasteiger partial charge in [-0.2, -0.15) is 0 Å². The average molecular weight is 199 g/mol. The van der Waals surface area contributed by atoms with Crippen LogP contribution in [0.2, 0.25) is 0 Å². The lowest BCUT2D eigenvalue weighted by atomic mass is 10.1. The monoisotopic (exact) mass is 199 g/mol. The van der Waals surface area contributed by atoms with Crippen molar-refractivity contribution in [3.63, 3.8) is 0 Å². The third-order valence-electron chi connectivity index (χ3n) is 2.11. The molecule has 14 heavy (non-hydrogen) atoms. The van der Waals surface area contributed by atoms with Crippen LogP contribution in [0.25, 0.3) is 0 Å². The zero-order chi connectivity index (χ0) is 10.6. The predicted molar refractivity (Wildman–Crippen MR) is 53.2 cm³/mol. The standard InChI is InChI=1S/C11H15F2N/c1-3-14-8(2)7-9-5-4-6-10(12)11(9)13/h4-6,8,14H,3,7H2,1-2H3. The molecule has 1 nitrogen and oxygen atoms in total. The van der Waals surface area contributed by atoms with Crippen LogP contribution in [0.3, 0.4) is 0 Å². The predicted octanol–water partition coefficient (Wildman–Crippen LogP) is 2.51. The fourth-order valence-electron chi connectivity index (χ4n) is 1.46. The van der Waals surface area contributed by atoms with Crippen LogP contribution < -0.4 is 5.32 Å². The number of rotatable bonds is 4. The molecule has 0 radical (unpaired) electrons. The van der Waals surface area contributed by atoms with E-state index in [0.717, 1.165) is 12.6 Å². The SMILES string of the molecule is CCNC(C)Cc1cccc(F)c1F. The van der Waals surface area contributed by atoms with Gasteiger partial charge in [0.15, 0.2) is 11.6 Å². The summed E-state index contributed by atoms with van der Waals surface area (Å²) in [5.41, 5.74) is 0.429. The van der Waals surface area contributed by atoms with E-state index in [9.17, 15) is 8.78 Å². The van der Waals surface area contributed by atoms with Gasteiger partial charge in [-0.25, -0.2) is 8.78 Å². The van der Waals surface area contributed by atoms with Gasteiger partial charge in [0.2, 0.25) is 0 Å². The first kappa shape index (κ1) is 11.1. The van der Waals surface area contributed by atoms with Crippen LogP contribution in [0.4, 0.5) is 8.78 Å². The van der Waals surface area contributed by atoms with Crippen molar-refractivity contribution in [3.8, 4) is 0 Å². The minimum absolute atomic E-state index is 0.163. The van der Waals surface area contributed by atoms with Crippen LogP contribution in [-0.4, -0.2) is 12.6 Å². The van der Waals surface area contributed by atoms with Gasteiger partial charge in [0.05, 0.1) is 0 Å². The van der Waals surface area contributed by atoms with Crippen molar-refractivity contribution in [3.05, 3.63) is 35.4 Å². The molecule has 0 aliphatic rings. The van der Waals surface area contributed by atoms with Gasteiger partial charge in [0.25, 0.3) is 0 Å². The lowest BCUT2D eigenvalue weighted by Gasteiger charge is -2.12. The molecule has 1 atom stereocenters. The van der Waals surface area contributed by atoms with E-state index in [0.29, 0.717) is 12.0 Å².